The standard InChI is InChI=1S/C25H31N3O4/c1-30-17-6-5-15-11-18-23-7-8-25(31-2,16(12-23)21(29)27-26)22-24(23,19(15)20(17)32-22)9-10-28(18)13-14-3-4-14/h5-8,14,16,18,22H,3-4,9-13,26H2,1-2H3,(H,27,29)/t16-,18-,22?,23-,24+,25-/m1/s1. The van der Waals surface area contributed by atoms with Crippen molar-refractivity contribution in [1.82, 2.24) is 10.3 Å². The molecule has 8 rings (SSSR count). The predicted molar refractivity (Wildman–Crippen MR) is 117 cm³/mol. The van der Waals surface area contributed by atoms with Crippen molar-refractivity contribution in [3.05, 3.63) is 35.4 Å². The minimum Gasteiger partial charge on any atom is -0.493 e. The summed E-state index contributed by atoms with van der Waals surface area (Å²) in [7, 11) is 3.40. The van der Waals surface area contributed by atoms with Crippen LogP contribution in [-0.2, 0) is 21.4 Å². The molecule has 4 bridgehead atoms. The van der Waals surface area contributed by atoms with Gasteiger partial charge in [0.05, 0.1) is 18.4 Å². The summed E-state index contributed by atoms with van der Waals surface area (Å²) >= 11 is 0. The molecular weight excluding hydrogens is 406 g/mol. The maximum absolute atomic E-state index is 13.1. The van der Waals surface area contributed by atoms with Crippen LogP contribution in [-0.4, -0.2) is 55.9 Å². The number of carbonyl (C=O) groups excluding carboxylic acids is 1. The van der Waals surface area contributed by atoms with E-state index in [2.05, 4.69) is 28.5 Å². The molecule has 0 aromatic heterocycles. The second-order valence-electron chi connectivity index (χ2n) is 10.7. The Labute approximate surface area is 188 Å². The Kier molecular flexibility index (Phi) is 3.68. The fourth-order valence-corrected chi connectivity index (χ4v) is 8.33. The lowest BCUT2D eigenvalue weighted by Crippen LogP contribution is -2.80. The van der Waals surface area contributed by atoms with E-state index in [0.717, 1.165) is 49.8 Å². The molecular formula is C25H31N3O4. The monoisotopic (exact) mass is 437 g/mol. The van der Waals surface area contributed by atoms with Gasteiger partial charge in [0.25, 0.3) is 0 Å². The summed E-state index contributed by atoms with van der Waals surface area (Å²) in [6.45, 7) is 2.21. The first-order chi connectivity index (χ1) is 15.5. The normalized spacial score (nSPS) is 42.4. The van der Waals surface area contributed by atoms with Crippen molar-refractivity contribution >= 4 is 5.91 Å². The summed E-state index contributed by atoms with van der Waals surface area (Å²) in [5.74, 6) is 7.55. The fraction of sp³-hybridized carbons (Fsp3) is 0.640. The molecule has 7 nitrogen and oxygen atoms in total. The molecule has 3 N–H and O–H groups in total. The van der Waals surface area contributed by atoms with Gasteiger partial charge in [-0.2, -0.15) is 0 Å². The Hall–Kier alpha value is -2.09. The summed E-state index contributed by atoms with van der Waals surface area (Å²) in [4.78, 5) is 15.8. The number of nitrogens with zero attached hydrogens (tertiary/aromatic N) is 1. The first-order valence-electron chi connectivity index (χ1n) is 11.9. The fourth-order valence-electron chi connectivity index (χ4n) is 8.33. The molecule has 2 spiro atoms. The number of hydrogen-bond donors (Lipinski definition) is 2. The minimum atomic E-state index is -0.854. The van der Waals surface area contributed by atoms with Crippen molar-refractivity contribution in [1.29, 1.82) is 0 Å². The largest absolute Gasteiger partial charge is 0.493 e. The van der Waals surface area contributed by atoms with Crippen LogP contribution in [0.5, 0.6) is 11.5 Å². The first kappa shape index (κ1) is 19.4. The van der Waals surface area contributed by atoms with Gasteiger partial charge in [-0.25, -0.2) is 5.84 Å². The summed E-state index contributed by atoms with van der Waals surface area (Å²) in [6.07, 6.45) is 9.63. The van der Waals surface area contributed by atoms with Crippen molar-refractivity contribution in [3.8, 4) is 11.5 Å². The molecule has 6 atom stereocenters. The number of hydrogen-bond acceptors (Lipinski definition) is 6. The molecule has 1 amide bonds. The number of methoxy groups -OCH3 is 2. The number of piperidine rings is 1. The summed E-state index contributed by atoms with van der Waals surface area (Å²) in [5, 5.41) is 0. The lowest BCUT2D eigenvalue weighted by Gasteiger charge is -2.71. The molecule has 1 unspecified atom stereocenters. The van der Waals surface area contributed by atoms with Gasteiger partial charge in [0.1, 0.15) is 11.7 Å². The maximum atomic E-state index is 13.1. The van der Waals surface area contributed by atoms with Gasteiger partial charge in [0.2, 0.25) is 5.91 Å². The Morgan fingerprint density at radius 1 is 1.31 bits per heavy atom. The van der Waals surface area contributed by atoms with Gasteiger partial charge in [-0.05, 0) is 56.2 Å². The zero-order valence-electron chi connectivity index (χ0n) is 18.7. The Morgan fingerprint density at radius 2 is 2.16 bits per heavy atom. The van der Waals surface area contributed by atoms with Gasteiger partial charge in [0, 0.05) is 30.7 Å². The van der Waals surface area contributed by atoms with Gasteiger partial charge in [0.15, 0.2) is 11.5 Å². The number of fused-ring (bicyclic) bond motifs is 1. The molecule has 0 radical (unpaired) electrons. The highest BCUT2D eigenvalue weighted by Gasteiger charge is 2.80. The number of nitrogens with one attached hydrogen (secondary N) is 1. The van der Waals surface area contributed by atoms with Crippen molar-refractivity contribution in [2.24, 2.45) is 23.1 Å². The minimum absolute atomic E-state index is 0.172. The van der Waals surface area contributed by atoms with Crippen LogP contribution in [0.3, 0.4) is 0 Å². The average molecular weight is 438 g/mol. The van der Waals surface area contributed by atoms with E-state index >= 15 is 0 Å². The number of likely N-dealkylation sites (tertiary alicyclic amines) is 1. The smallest absolute Gasteiger partial charge is 0.240 e. The number of carbonyl (C=O) groups is 1. The quantitative estimate of drug-likeness (QED) is 0.316. The SMILES string of the molecule is COc1ccc2c3c1OC1[C@@]4(OC)C=C[C@@]5(C[C@@H]4C(=O)NN)[C@@H](C2)N(CC2CC2)CC[C@]315. The molecule has 1 saturated heterocycles. The van der Waals surface area contributed by atoms with Gasteiger partial charge in [-0.15, -0.1) is 0 Å². The maximum Gasteiger partial charge on any atom is 0.240 e. The topological polar surface area (TPSA) is 86.0 Å². The molecule has 2 aliphatic heterocycles. The van der Waals surface area contributed by atoms with Crippen LogP contribution < -0.4 is 20.7 Å². The molecule has 7 aliphatic rings. The second kappa shape index (κ2) is 6.07. The Balaban J connectivity index is 1.50. The van der Waals surface area contributed by atoms with E-state index in [4.69, 9.17) is 20.1 Å². The van der Waals surface area contributed by atoms with Crippen molar-refractivity contribution in [2.75, 3.05) is 27.3 Å². The summed E-state index contributed by atoms with van der Waals surface area (Å²) < 4.78 is 18.8. The molecule has 2 heterocycles. The number of ether oxygens (including phenoxy) is 3. The zero-order valence-corrected chi connectivity index (χ0v) is 18.7. The van der Waals surface area contributed by atoms with Gasteiger partial charge in [-0.3, -0.25) is 15.1 Å². The predicted octanol–water partition coefficient (Wildman–Crippen LogP) is 1.69. The summed E-state index contributed by atoms with van der Waals surface area (Å²) in [5.41, 5.74) is 3.84. The van der Waals surface area contributed by atoms with E-state index in [9.17, 15) is 4.79 Å². The van der Waals surface area contributed by atoms with Crippen molar-refractivity contribution in [3.63, 3.8) is 0 Å². The first-order valence-corrected chi connectivity index (χ1v) is 11.9. The zero-order chi connectivity index (χ0) is 21.9. The summed E-state index contributed by atoms with van der Waals surface area (Å²) in [6, 6.07) is 4.62. The van der Waals surface area contributed by atoms with E-state index in [0.29, 0.717) is 6.04 Å². The number of nitrogens with two attached hydrogens (primary N) is 1. The van der Waals surface area contributed by atoms with Crippen LogP contribution in [0.2, 0.25) is 0 Å². The second-order valence-corrected chi connectivity index (χ2v) is 10.7. The highest BCUT2D eigenvalue weighted by Crippen LogP contribution is 2.74. The van der Waals surface area contributed by atoms with Crippen molar-refractivity contribution in [2.45, 2.75) is 55.3 Å². The van der Waals surface area contributed by atoms with Gasteiger partial charge >= 0.3 is 0 Å². The van der Waals surface area contributed by atoms with E-state index < -0.39 is 11.5 Å². The molecule has 5 aliphatic carbocycles. The molecule has 1 aromatic rings. The van der Waals surface area contributed by atoms with Crippen molar-refractivity contribution < 1.29 is 19.0 Å². The van der Waals surface area contributed by atoms with Crippen LogP contribution in [0.4, 0.5) is 0 Å². The number of amides is 1. The third-order valence-corrected chi connectivity index (χ3v) is 9.77. The average Bonchev–Trinajstić information content (AvgIpc) is 3.57. The lowest BCUT2D eigenvalue weighted by molar-refractivity contribution is -0.215. The van der Waals surface area contributed by atoms with Crippen LogP contribution in [0.1, 0.15) is 36.8 Å². The van der Waals surface area contributed by atoms with Crippen LogP contribution in [0, 0.1) is 17.3 Å². The lowest BCUT2D eigenvalue weighted by atomic mass is 9.37. The van der Waals surface area contributed by atoms with Gasteiger partial charge < -0.3 is 14.2 Å². The molecule has 32 heavy (non-hydrogen) atoms. The van der Waals surface area contributed by atoms with E-state index in [1.54, 1.807) is 14.2 Å². The Morgan fingerprint density at radius 3 is 2.88 bits per heavy atom. The molecule has 3 fully saturated rings. The van der Waals surface area contributed by atoms with Crippen LogP contribution in [0.15, 0.2) is 24.3 Å². The van der Waals surface area contributed by atoms with E-state index in [-0.39, 0.29) is 22.8 Å². The van der Waals surface area contributed by atoms with Crippen LogP contribution in [0.25, 0.3) is 0 Å². The van der Waals surface area contributed by atoms with Gasteiger partial charge in [-0.1, -0.05) is 18.2 Å². The highest BCUT2D eigenvalue weighted by molar-refractivity contribution is 5.82. The third-order valence-electron chi connectivity index (χ3n) is 9.77. The number of hydrazine groups is 1. The molecule has 7 heteroatoms. The third kappa shape index (κ3) is 1.95. The molecule has 2 saturated carbocycles. The molecule has 1 aromatic carbocycles. The van der Waals surface area contributed by atoms with Crippen LogP contribution >= 0.6 is 0 Å². The number of rotatable bonds is 5. The Bertz CT molecular complexity index is 1050. The van der Waals surface area contributed by atoms with E-state index in [1.165, 1.54) is 24.0 Å². The highest BCUT2D eigenvalue weighted by atomic mass is 16.6. The molecule has 170 valence electrons. The van der Waals surface area contributed by atoms with E-state index in [1.807, 2.05) is 6.07 Å². The number of benzene rings is 1.